The molecular formula is C15H20N2O4. The van der Waals surface area contributed by atoms with Gasteiger partial charge in [-0.25, -0.2) is 0 Å². The summed E-state index contributed by atoms with van der Waals surface area (Å²) in [5.74, 6) is -1.45. The fourth-order valence-corrected chi connectivity index (χ4v) is 1.79. The van der Waals surface area contributed by atoms with Gasteiger partial charge in [-0.3, -0.25) is 14.4 Å². The lowest BCUT2D eigenvalue weighted by Crippen LogP contribution is -2.45. The minimum absolute atomic E-state index is 0.0174. The van der Waals surface area contributed by atoms with Gasteiger partial charge in [0.05, 0.1) is 13.0 Å². The summed E-state index contributed by atoms with van der Waals surface area (Å²) in [6, 6.07) is 8.45. The first-order valence-corrected chi connectivity index (χ1v) is 6.81. The first kappa shape index (κ1) is 16.7. The lowest BCUT2D eigenvalue weighted by molar-refractivity contribution is -0.144. The van der Waals surface area contributed by atoms with E-state index in [0.717, 1.165) is 5.56 Å². The number of carbonyl (C=O) groups excluding carboxylic acids is 3. The highest BCUT2D eigenvalue weighted by molar-refractivity contribution is 5.88. The summed E-state index contributed by atoms with van der Waals surface area (Å²) in [6.07, 6.45) is 0.273. The predicted molar refractivity (Wildman–Crippen MR) is 77.1 cm³/mol. The zero-order valence-electron chi connectivity index (χ0n) is 12.0. The van der Waals surface area contributed by atoms with E-state index < -0.39 is 23.8 Å². The molecule has 1 atom stereocenters. The molecule has 0 aromatic heterocycles. The minimum atomic E-state index is -0.790. The molecule has 0 aliphatic carbocycles. The van der Waals surface area contributed by atoms with E-state index in [4.69, 9.17) is 10.5 Å². The zero-order chi connectivity index (χ0) is 15.7. The van der Waals surface area contributed by atoms with Crippen LogP contribution in [-0.4, -0.2) is 30.4 Å². The second-order valence-electron chi connectivity index (χ2n) is 4.52. The normalized spacial score (nSPS) is 11.5. The summed E-state index contributed by atoms with van der Waals surface area (Å²) in [5.41, 5.74) is 6.19. The number of hydrogen-bond donors (Lipinski definition) is 2. The zero-order valence-corrected chi connectivity index (χ0v) is 12.0. The molecule has 0 aliphatic rings. The highest BCUT2D eigenvalue weighted by Gasteiger charge is 2.19. The summed E-state index contributed by atoms with van der Waals surface area (Å²) >= 11 is 0. The van der Waals surface area contributed by atoms with Crippen molar-refractivity contribution in [2.45, 2.75) is 32.2 Å². The van der Waals surface area contributed by atoms with Crippen molar-refractivity contribution in [2.75, 3.05) is 6.61 Å². The molecule has 1 aromatic rings. The summed E-state index contributed by atoms with van der Waals surface area (Å²) in [6.45, 7) is 1.97. The monoisotopic (exact) mass is 292 g/mol. The Labute approximate surface area is 123 Å². The Morgan fingerprint density at radius 2 is 1.86 bits per heavy atom. The summed E-state index contributed by atoms with van der Waals surface area (Å²) in [4.78, 5) is 34.3. The van der Waals surface area contributed by atoms with Crippen molar-refractivity contribution >= 4 is 17.8 Å². The SMILES string of the molecule is CCOC(=O)CCC(=O)N[C@H](Cc1ccccc1)C(N)=O. The van der Waals surface area contributed by atoms with Gasteiger partial charge in [0.15, 0.2) is 0 Å². The molecule has 0 heterocycles. The number of amides is 2. The van der Waals surface area contributed by atoms with Crippen molar-refractivity contribution < 1.29 is 19.1 Å². The Bertz CT molecular complexity index is 488. The van der Waals surface area contributed by atoms with E-state index in [9.17, 15) is 14.4 Å². The largest absolute Gasteiger partial charge is 0.466 e. The summed E-state index contributed by atoms with van der Waals surface area (Å²) in [5, 5.41) is 2.54. The topological polar surface area (TPSA) is 98.5 Å². The molecule has 21 heavy (non-hydrogen) atoms. The maximum Gasteiger partial charge on any atom is 0.306 e. The highest BCUT2D eigenvalue weighted by atomic mass is 16.5. The molecule has 1 rings (SSSR count). The number of benzene rings is 1. The van der Waals surface area contributed by atoms with Gasteiger partial charge in [0, 0.05) is 12.8 Å². The number of ether oxygens (including phenoxy) is 1. The first-order chi connectivity index (χ1) is 10.0. The molecule has 1 aromatic carbocycles. The van der Waals surface area contributed by atoms with Gasteiger partial charge in [0.2, 0.25) is 11.8 Å². The third kappa shape index (κ3) is 6.56. The molecule has 0 radical (unpaired) electrons. The van der Waals surface area contributed by atoms with E-state index >= 15 is 0 Å². The van der Waals surface area contributed by atoms with Crippen LogP contribution in [0.5, 0.6) is 0 Å². The van der Waals surface area contributed by atoms with E-state index in [2.05, 4.69) is 5.32 Å². The number of rotatable bonds is 8. The third-order valence-corrected chi connectivity index (χ3v) is 2.82. The van der Waals surface area contributed by atoms with E-state index in [1.807, 2.05) is 30.3 Å². The number of nitrogens with two attached hydrogens (primary N) is 1. The van der Waals surface area contributed by atoms with Gasteiger partial charge < -0.3 is 15.8 Å². The van der Waals surface area contributed by atoms with Crippen LogP contribution in [0.2, 0.25) is 0 Å². The average Bonchev–Trinajstić information content (AvgIpc) is 2.46. The maximum absolute atomic E-state index is 11.7. The van der Waals surface area contributed by atoms with Crippen molar-refractivity contribution in [3.8, 4) is 0 Å². The van der Waals surface area contributed by atoms with Crippen LogP contribution in [0.4, 0.5) is 0 Å². The van der Waals surface area contributed by atoms with Crippen molar-refractivity contribution in [3.05, 3.63) is 35.9 Å². The molecule has 0 aliphatic heterocycles. The Balaban J connectivity index is 2.49. The molecule has 0 fully saturated rings. The molecule has 0 spiro atoms. The second-order valence-corrected chi connectivity index (χ2v) is 4.52. The molecule has 6 nitrogen and oxygen atoms in total. The van der Waals surface area contributed by atoms with Crippen LogP contribution in [0, 0.1) is 0 Å². The van der Waals surface area contributed by atoms with Gasteiger partial charge in [-0.2, -0.15) is 0 Å². The molecule has 6 heteroatoms. The molecule has 0 saturated carbocycles. The van der Waals surface area contributed by atoms with Gasteiger partial charge in [0.1, 0.15) is 6.04 Å². The van der Waals surface area contributed by atoms with Crippen LogP contribution in [0.15, 0.2) is 30.3 Å². The second kappa shape index (κ2) is 8.73. The Morgan fingerprint density at radius 1 is 1.19 bits per heavy atom. The van der Waals surface area contributed by atoms with Crippen LogP contribution < -0.4 is 11.1 Å². The average molecular weight is 292 g/mol. The van der Waals surface area contributed by atoms with Gasteiger partial charge >= 0.3 is 5.97 Å². The summed E-state index contributed by atoms with van der Waals surface area (Å²) in [7, 11) is 0. The van der Waals surface area contributed by atoms with Crippen LogP contribution >= 0.6 is 0 Å². The van der Waals surface area contributed by atoms with Gasteiger partial charge in [-0.05, 0) is 12.5 Å². The fourth-order valence-electron chi connectivity index (χ4n) is 1.79. The quantitative estimate of drug-likeness (QED) is 0.683. The molecular weight excluding hydrogens is 272 g/mol. The van der Waals surface area contributed by atoms with Gasteiger partial charge in [0.25, 0.3) is 0 Å². The number of nitrogens with one attached hydrogen (secondary N) is 1. The highest BCUT2D eigenvalue weighted by Crippen LogP contribution is 2.04. The standard InChI is InChI=1S/C15H20N2O4/c1-2-21-14(19)9-8-13(18)17-12(15(16)20)10-11-6-4-3-5-7-11/h3-7,12H,2,8-10H2,1H3,(H2,16,20)(H,17,18)/t12-/m1/s1. The molecule has 3 N–H and O–H groups in total. The molecule has 114 valence electrons. The lowest BCUT2D eigenvalue weighted by atomic mass is 10.1. The van der Waals surface area contributed by atoms with Crippen LogP contribution in [-0.2, 0) is 25.5 Å². The maximum atomic E-state index is 11.7. The number of carbonyl (C=O) groups is 3. The Kier molecular flexibility index (Phi) is 6.94. The molecule has 0 saturated heterocycles. The summed E-state index contributed by atoms with van der Waals surface area (Å²) < 4.78 is 4.73. The van der Waals surface area contributed by atoms with Gasteiger partial charge in [-0.1, -0.05) is 30.3 Å². The molecule has 0 unspecified atom stereocenters. The van der Waals surface area contributed by atoms with Crippen molar-refractivity contribution in [1.82, 2.24) is 5.32 Å². The Morgan fingerprint density at radius 3 is 2.43 bits per heavy atom. The minimum Gasteiger partial charge on any atom is -0.466 e. The smallest absolute Gasteiger partial charge is 0.306 e. The van der Waals surface area contributed by atoms with Crippen LogP contribution in [0.25, 0.3) is 0 Å². The van der Waals surface area contributed by atoms with E-state index in [-0.39, 0.29) is 19.4 Å². The van der Waals surface area contributed by atoms with E-state index in [1.165, 1.54) is 0 Å². The number of esters is 1. The molecule has 0 bridgehead atoms. The van der Waals surface area contributed by atoms with Crippen molar-refractivity contribution in [1.29, 1.82) is 0 Å². The Hall–Kier alpha value is -2.37. The van der Waals surface area contributed by atoms with E-state index in [1.54, 1.807) is 6.92 Å². The van der Waals surface area contributed by atoms with Crippen molar-refractivity contribution in [3.63, 3.8) is 0 Å². The van der Waals surface area contributed by atoms with Crippen LogP contribution in [0.3, 0.4) is 0 Å². The van der Waals surface area contributed by atoms with E-state index in [0.29, 0.717) is 6.42 Å². The third-order valence-electron chi connectivity index (χ3n) is 2.82. The fraction of sp³-hybridized carbons (Fsp3) is 0.400. The van der Waals surface area contributed by atoms with Crippen LogP contribution in [0.1, 0.15) is 25.3 Å². The van der Waals surface area contributed by atoms with Gasteiger partial charge in [-0.15, -0.1) is 0 Å². The molecule has 2 amide bonds. The predicted octanol–water partition coefficient (Wildman–Crippen LogP) is 0.542. The lowest BCUT2D eigenvalue weighted by Gasteiger charge is -2.15. The number of hydrogen-bond acceptors (Lipinski definition) is 4. The number of primary amides is 1. The van der Waals surface area contributed by atoms with Crippen molar-refractivity contribution in [2.24, 2.45) is 5.73 Å². The first-order valence-electron chi connectivity index (χ1n) is 6.81.